The standard InChI is InChI=1S/C12H13F2NO2/c1-8(16)15-5-3-2-4-10-11(13)6-9(17)7-12(10)14/h2,4,6-7,17H,3,5H2,1H3,(H,15,16). The minimum Gasteiger partial charge on any atom is -0.508 e. The first-order valence-electron chi connectivity index (χ1n) is 5.09. The minimum absolute atomic E-state index is 0.152. The first-order valence-corrected chi connectivity index (χ1v) is 5.09. The highest BCUT2D eigenvalue weighted by Crippen LogP contribution is 2.20. The van der Waals surface area contributed by atoms with Crippen molar-refractivity contribution in [3.8, 4) is 5.75 Å². The van der Waals surface area contributed by atoms with Gasteiger partial charge in [0.15, 0.2) is 0 Å². The van der Waals surface area contributed by atoms with Gasteiger partial charge in [0.25, 0.3) is 0 Å². The highest BCUT2D eigenvalue weighted by atomic mass is 19.1. The summed E-state index contributed by atoms with van der Waals surface area (Å²) in [5.41, 5.74) is -0.203. The second kappa shape index (κ2) is 5.98. The number of hydrogen-bond acceptors (Lipinski definition) is 2. The van der Waals surface area contributed by atoms with Gasteiger partial charge in [0.1, 0.15) is 17.4 Å². The lowest BCUT2D eigenvalue weighted by atomic mass is 10.1. The van der Waals surface area contributed by atoms with E-state index < -0.39 is 17.4 Å². The Kier molecular flexibility index (Phi) is 4.63. The maximum atomic E-state index is 13.2. The smallest absolute Gasteiger partial charge is 0.216 e. The molecule has 5 heteroatoms. The monoisotopic (exact) mass is 241 g/mol. The number of hydrogen-bond donors (Lipinski definition) is 2. The highest BCUT2D eigenvalue weighted by Gasteiger charge is 2.07. The number of halogens is 2. The summed E-state index contributed by atoms with van der Waals surface area (Å²) in [7, 11) is 0. The normalized spacial score (nSPS) is 10.8. The molecule has 0 aliphatic heterocycles. The number of phenolic OH excluding ortho intramolecular Hbond substituents is 1. The predicted molar refractivity (Wildman–Crippen MR) is 60.4 cm³/mol. The first kappa shape index (κ1) is 13.2. The summed E-state index contributed by atoms with van der Waals surface area (Å²) >= 11 is 0. The topological polar surface area (TPSA) is 49.3 Å². The van der Waals surface area contributed by atoms with Crippen molar-refractivity contribution in [1.82, 2.24) is 5.32 Å². The molecule has 0 fully saturated rings. The van der Waals surface area contributed by atoms with Crippen LogP contribution in [0.2, 0.25) is 0 Å². The lowest BCUT2D eigenvalue weighted by Gasteiger charge is -2.01. The Morgan fingerprint density at radius 1 is 1.41 bits per heavy atom. The lowest BCUT2D eigenvalue weighted by molar-refractivity contribution is -0.118. The zero-order chi connectivity index (χ0) is 12.8. The van der Waals surface area contributed by atoms with E-state index in [2.05, 4.69) is 5.32 Å². The quantitative estimate of drug-likeness (QED) is 0.794. The van der Waals surface area contributed by atoms with E-state index >= 15 is 0 Å². The number of nitrogens with one attached hydrogen (secondary N) is 1. The fourth-order valence-corrected chi connectivity index (χ4v) is 1.26. The second-order valence-electron chi connectivity index (χ2n) is 3.50. The molecule has 0 aliphatic carbocycles. The van der Waals surface area contributed by atoms with Crippen LogP contribution in [-0.4, -0.2) is 17.6 Å². The molecule has 1 rings (SSSR count). The van der Waals surface area contributed by atoms with Crippen LogP contribution in [-0.2, 0) is 4.79 Å². The molecule has 17 heavy (non-hydrogen) atoms. The molecule has 0 spiro atoms. The van der Waals surface area contributed by atoms with Gasteiger partial charge in [-0.15, -0.1) is 0 Å². The number of aromatic hydroxyl groups is 1. The van der Waals surface area contributed by atoms with Gasteiger partial charge in [0, 0.05) is 31.2 Å². The Morgan fingerprint density at radius 3 is 2.53 bits per heavy atom. The number of amides is 1. The summed E-state index contributed by atoms with van der Waals surface area (Å²) in [6.07, 6.45) is 3.31. The number of carbonyl (C=O) groups is 1. The molecule has 2 N–H and O–H groups in total. The Balaban J connectivity index is 2.62. The van der Waals surface area contributed by atoms with Gasteiger partial charge in [-0.05, 0) is 6.42 Å². The third kappa shape index (κ3) is 4.22. The van der Waals surface area contributed by atoms with E-state index in [1.54, 1.807) is 6.08 Å². The molecule has 0 saturated carbocycles. The third-order valence-corrected chi connectivity index (χ3v) is 2.03. The molecule has 0 unspecified atom stereocenters. The van der Waals surface area contributed by atoms with Crippen LogP contribution in [0.25, 0.3) is 6.08 Å². The largest absolute Gasteiger partial charge is 0.508 e. The van der Waals surface area contributed by atoms with Crippen LogP contribution in [0.3, 0.4) is 0 Å². The van der Waals surface area contributed by atoms with Crippen molar-refractivity contribution in [2.24, 2.45) is 0 Å². The van der Waals surface area contributed by atoms with Crippen molar-refractivity contribution < 1.29 is 18.7 Å². The van der Waals surface area contributed by atoms with Crippen LogP contribution >= 0.6 is 0 Å². The molecule has 1 aromatic rings. The molecule has 0 aromatic heterocycles. The lowest BCUT2D eigenvalue weighted by Crippen LogP contribution is -2.20. The van der Waals surface area contributed by atoms with E-state index in [1.165, 1.54) is 13.0 Å². The van der Waals surface area contributed by atoms with E-state index in [9.17, 15) is 13.6 Å². The van der Waals surface area contributed by atoms with Crippen molar-refractivity contribution in [2.45, 2.75) is 13.3 Å². The number of rotatable bonds is 4. The van der Waals surface area contributed by atoms with E-state index in [4.69, 9.17) is 5.11 Å². The van der Waals surface area contributed by atoms with Gasteiger partial charge in [-0.1, -0.05) is 12.2 Å². The molecular formula is C12H13F2NO2. The average Bonchev–Trinajstić information content (AvgIpc) is 2.20. The molecule has 0 atom stereocenters. The Labute approximate surface area is 97.8 Å². The Morgan fingerprint density at radius 2 is 2.00 bits per heavy atom. The zero-order valence-electron chi connectivity index (χ0n) is 9.34. The van der Waals surface area contributed by atoms with E-state index in [0.717, 1.165) is 12.1 Å². The van der Waals surface area contributed by atoms with E-state index in [-0.39, 0.29) is 11.5 Å². The zero-order valence-corrected chi connectivity index (χ0v) is 9.34. The maximum Gasteiger partial charge on any atom is 0.216 e. The molecule has 0 saturated heterocycles. The molecule has 1 amide bonds. The van der Waals surface area contributed by atoms with Gasteiger partial charge in [-0.3, -0.25) is 4.79 Å². The Bertz CT molecular complexity index is 421. The molecular weight excluding hydrogens is 228 g/mol. The van der Waals surface area contributed by atoms with Gasteiger partial charge in [0.05, 0.1) is 0 Å². The molecule has 92 valence electrons. The molecule has 0 heterocycles. The van der Waals surface area contributed by atoms with Crippen LogP contribution in [0.4, 0.5) is 8.78 Å². The van der Waals surface area contributed by atoms with E-state index in [1.807, 2.05) is 0 Å². The SMILES string of the molecule is CC(=O)NCCC=Cc1c(F)cc(O)cc1F. The van der Waals surface area contributed by atoms with Crippen LogP contribution in [0.5, 0.6) is 5.75 Å². The van der Waals surface area contributed by atoms with Crippen molar-refractivity contribution in [1.29, 1.82) is 0 Å². The first-order chi connectivity index (χ1) is 8.00. The molecule has 3 nitrogen and oxygen atoms in total. The van der Waals surface area contributed by atoms with Crippen molar-refractivity contribution in [2.75, 3.05) is 6.54 Å². The van der Waals surface area contributed by atoms with Crippen LogP contribution in [0.15, 0.2) is 18.2 Å². The average molecular weight is 241 g/mol. The van der Waals surface area contributed by atoms with Crippen molar-refractivity contribution in [3.05, 3.63) is 35.4 Å². The summed E-state index contributed by atoms with van der Waals surface area (Å²) in [6.45, 7) is 1.80. The summed E-state index contributed by atoms with van der Waals surface area (Å²) in [4.78, 5) is 10.5. The van der Waals surface area contributed by atoms with Crippen molar-refractivity contribution >= 4 is 12.0 Å². The molecule has 0 aliphatic rings. The van der Waals surface area contributed by atoms with Gasteiger partial charge in [-0.25, -0.2) is 8.78 Å². The fraction of sp³-hybridized carbons (Fsp3) is 0.250. The van der Waals surface area contributed by atoms with Crippen LogP contribution in [0.1, 0.15) is 18.9 Å². The molecule has 1 aromatic carbocycles. The predicted octanol–water partition coefficient (Wildman–Crippen LogP) is 2.21. The van der Waals surface area contributed by atoms with Gasteiger partial charge in [0.2, 0.25) is 5.91 Å². The molecule has 0 radical (unpaired) electrons. The second-order valence-corrected chi connectivity index (χ2v) is 3.50. The van der Waals surface area contributed by atoms with Crippen molar-refractivity contribution in [3.63, 3.8) is 0 Å². The number of phenols is 1. The summed E-state index contributed by atoms with van der Waals surface area (Å²) in [6, 6.07) is 1.69. The summed E-state index contributed by atoms with van der Waals surface area (Å²) in [5, 5.41) is 11.5. The number of benzene rings is 1. The Hall–Kier alpha value is -1.91. The van der Waals surface area contributed by atoms with Crippen LogP contribution in [0, 0.1) is 11.6 Å². The van der Waals surface area contributed by atoms with Gasteiger partial charge >= 0.3 is 0 Å². The fourth-order valence-electron chi connectivity index (χ4n) is 1.26. The minimum atomic E-state index is -0.821. The van der Waals surface area contributed by atoms with E-state index in [0.29, 0.717) is 13.0 Å². The third-order valence-electron chi connectivity index (χ3n) is 2.03. The van der Waals surface area contributed by atoms with Crippen LogP contribution < -0.4 is 5.32 Å². The summed E-state index contributed by atoms with van der Waals surface area (Å²) < 4.78 is 26.5. The maximum absolute atomic E-state index is 13.2. The highest BCUT2D eigenvalue weighted by molar-refractivity contribution is 5.72. The summed E-state index contributed by atoms with van der Waals surface area (Å²) in [5.74, 6) is -2.24. The number of carbonyl (C=O) groups excluding carboxylic acids is 1. The van der Waals surface area contributed by atoms with Gasteiger partial charge in [-0.2, -0.15) is 0 Å². The molecule has 0 bridgehead atoms. The van der Waals surface area contributed by atoms with Gasteiger partial charge < -0.3 is 10.4 Å².